The van der Waals surface area contributed by atoms with Crippen LogP contribution in [0.5, 0.6) is 0 Å². The highest BCUT2D eigenvalue weighted by atomic mass is 15.7. The van der Waals surface area contributed by atoms with Crippen LogP contribution in [-0.4, -0.2) is 0 Å². The zero-order chi connectivity index (χ0) is 56.3. The second-order valence-electron chi connectivity index (χ2n) is 55.6. The van der Waals surface area contributed by atoms with E-state index < -0.39 is 0 Å². The zero-order valence-corrected chi connectivity index (χ0v) is 56.3. The second-order valence-corrected chi connectivity index (χ2v) is 55.6. The highest BCUT2D eigenvalue weighted by Crippen LogP contribution is 3.71. The number of hydrogen-bond acceptors (Lipinski definition) is 0. The van der Waals surface area contributed by atoms with E-state index in [1.165, 1.54) is 254 Å². The van der Waals surface area contributed by atoms with Gasteiger partial charge in [-0.1, -0.05) is 78.6 Å². The fourth-order valence-corrected chi connectivity index (χ4v) is 82.6. The van der Waals surface area contributed by atoms with Gasteiger partial charge >= 0.3 is 0 Å². The van der Waals surface area contributed by atoms with Crippen molar-refractivity contribution in [1.82, 2.24) is 0 Å². The first-order valence-electron chi connectivity index (χ1n) is 47.0. The molecule has 73 atom stereocenters. The Kier molecular flexibility index (Phi) is 3.18. The maximum absolute atomic E-state index is 3.35. The third kappa shape index (κ3) is 1.30. The van der Waals surface area contributed by atoms with Gasteiger partial charge in [-0.15, -0.1) is 0 Å². The maximum Gasteiger partial charge on any atom is -0.000447 e. The van der Waals surface area contributed by atoms with Crippen molar-refractivity contribution in [2.75, 3.05) is 0 Å². The summed E-state index contributed by atoms with van der Waals surface area (Å²) in [5.41, 5.74) is 29.9. The molecule has 0 aromatic heterocycles. The lowest BCUT2D eigenvalue weighted by atomic mass is 8.36. The summed E-state index contributed by atoms with van der Waals surface area (Å²) in [6, 6.07) is 0. The van der Waals surface area contributed by atoms with Crippen LogP contribution in [0.2, 0.25) is 0 Å². The maximum atomic E-state index is 3.35. The molecule has 0 aromatic carbocycles. The Morgan fingerprint density at radius 2 is 0.989 bits per heavy atom. The van der Waals surface area contributed by atoms with Crippen molar-refractivity contribution in [2.45, 2.75) is 143 Å². The van der Waals surface area contributed by atoms with Gasteiger partial charge in [0.25, 0.3) is 0 Å². The Labute approximate surface area is 556 Å². The fourth-order valence-electron chi connectivity index (χ4n) is 82.6. The van der Waals surface area contributed by atoms with E-state index in [0.717, 1.165) is 162 Å². The molecular weight excluding hydrogens is 1140 g/mol. The first-order valence-corrected chi connectivity index (χ1v) is 47.0. The monoisotopic (exact) mass is 1230 g/mol. The lowest BCUT2D eigenvalue weighted by Crippen LogP contribution is -3.65. The standard InChI is InChI=1S/C95H90/c1-4-13-30-33-22-67-63-72(33)65-70(30)23(2)45-54-49-36-25-15-10-6-8-12-19-69-51(47-32-21-31-37-40-42-39-35-28-20-27-24(25)14-9-5-7-11-18-68(47,69)71(31,32)48(37)44(40)43(42)41(39)38(35)34(27)28)53-57-59-56-52-46-26-16-17-29(26)66(46,3)75(52)64(67)86-78(56,75)81(59)77(57)74(53,69)62-61-60-58-55-50(36)73(49)79(54)76(45,70)87(65)90(72)88(63)89(67,86)94-84(61,85(62,77)92(81,86)94)83(60)82(58)80(55,73)91(79,87)95(82,90)93(83,88)94/h23-65H,4-22H2,1-3H3. The average molecular weight is 1230 g/mol. The SMILES string of the molecule is CCCC1C2CC34C5C67C(C8C9CCC9C86C)C6C8C9C%10C%11C%12C%13CC%14C%15C%16C%17C%18C%19C%20CC%21C%22CCCCCCC%12(C%14%13C%15C%16C%17C%18C%19C%21%20)C%11%12CCCCCCC%22C%11C%13C%14C%15C(C)C1%16C1C2%17C3C23C4%18C54C67C85C96C%10%12C7C8C9C%10C%12C%11C%13%11C%14%13C%15%16C1%14C%172C12C%10(C%12%11C%13%141)C91C89C76C54C9%18C132. The molecule has 51 aliphatic rings. The van der Waals surface area contributed by atoms with Crippen LogP contribution >= 0.6 is 0 Å². The molecule has 0 heterocycles. The van der Waals surface area contributed by atoms with Crippen molar-refractivity contribution in [2.24, 2.45) is 417 Å². The van der Waals surface area contributed by atoms with E-state index >= 15 is 0 Å². The lowest BCUT2D eigenvalue weighted by molar-refractivity contribution is -1.22. The summed E-state index contributed by atoms with van der Waals surface area (Å²) < 4.78 is 0. The Morgan fingerprint density at radius 3 is 1.84 bits per heavy atom. The molecule has 51 saturated carbocycles. The van der Waals surface area contributed by atoms with Crippen LogP contribution in [0.1, 0.15) is 143 Å². The first-order chi connectivity index (χ1) is 47.0. The molecule has 0 saturated heterocycles. The molecule has 470 valence electrons. The summed E-state index contributed by atoms with van der Waals surface area (Å²) in [7, 11) is 0. The van der Waals surface area contributed by atoms with Gasteiger partial charge in [-0.05, 0) is 481 Å². The summed E-state index contributed by atoms with van der Waals surface area (Å²) in [6.07, 6.45) is 33.7. The molecule has 0 radical (unpaired) electrons. The molecule has 73 unspecified atom stereocenters. The van der Waals surface area contributed by atoms with Gasteiger partial charge < -0.3 is 0 Å². The van der Waals surface area contributed by atoms with Crippen LogP contribution in [0, 0.1) is 417 Å². The molecule has 51 fully saturated rings. The molecule has 0 heteroatoms. The first kappa shape index (κ1) is 39.9. The van der Waals surface area contributed by atoms with E-state index in [1.807, 2.05) is 32.1 Å². The summed E-state index contributed by atoms with van der Waals surface area (Å²) in [5.74, 6) is 56.2. The molecule has 0 aliphatic heterocycles. The highest BCUT2D eigenvalue weighted by Gasteiger charge is 3.70. The normalized spacial score (nSPS) is 114. The third-order valence-electron chi connectivity index (χ3n) is 68.9. The van der Waals surface area contributed by atoms with Gasteiger partial charge in [0.1, 0.15) is 0 Å². The minimum atomic E-state index is 0.845. The van der Waals surface area contributed by atoms with E-state index in [2.05, 4.69) is 20.8 Å². The van der Waals surface area contributed by atoms with Gasteiger partial charge in [0, 0.05) is 0 Å². The van der Waals surface area contributed by atoms with E-state index in [-0.39, 0.29) is 0 Å². The van der Waals surface area contributed by atoms with Crippen molar-refractivity contribution in [3.8, 4) is 0 Å². The molecule has 0 amide bonds. The molecular formula is C95H90. The van der Waals surface area contributed by atoms with Crippen LogP contribution < -0.4 is 0 Å². The van der Waals surface area contributed by atoms with Crippen LogP contribution in [0.4, 0.5) is 0 Å². The fraction of sp³-hybridized carbons (Fsp3) is 1.00. The van der Waals surface area contributed by atoms with Crippen molar-refractivity contribution < 1.29 is 0 Å². The van der Waals surface area contributed by atoms with Crippen molar-refractivity contribution in [1.29, 1.82) is 0 Å². The summed E-state index contributed by atoms with van der Waals surface area (Å²) >= 11 is 0. The lowest BCUT2D eigenvalue weighted by Gasteiger charge is -3.66. The van der Waals surface area contributed by atoms with Gasteiger partial charge in [-0.3, -0.25) is 0 Å². The van der Waals surface area contributed by atoms with Gasteiger partial charge in [-0.2, -0.15) is 0 Å². The smallest absolute Gasteiger partial charge is 0.000447 e. The van der Waals surface area contributed by atoms with Crippen LogP contribution in [0.15, 0.2) is 0 Å². The van der Waals surface area contributed by atoms with Gasteiger partial charge in [0.05, 0.1) is 0 Å². The van der Waals surface area contributed by atoms with Crippen LogP contribution in [0.3, 0.4) is 0 Å². The van der Waals surface area contributed by atoms with Crippen molar-refractivity contribution >= 4 is 0 Å². The van der Waals surface area contributed by atoms with E-state index in [9.17, 15) is 0 Å². The predicted molar refractivity (Wildman–Crippen MR) is 328 cm³/mol. The molecule has 0 N–H and O–H groups in total. The molecule has 51 rings (SSSR count). The number of fused-ring (bicyclic) bond motifs is 36. The highest BCUT2D eigenvalue weighted by molar-refractivity contribution is 6.14. The second kappa shape index (κ2) is 7.56. The van der Waals surface area contributed by atoms with E-state index in [1.54, 1.807) is 89.9 Å². The van der Waals surface area contributed by atoms with E-state index in [0.29, 0.717) is 0 Å². The zero-order valence-electron chi connectivity index (χ0n) is 56.3. The van der Waals surface area contributed by atoms with Gasteiger partial charge in [-0.25, -0.2) is 0 Å². The topological polar surface area (TPSA) is 0 Å². The third-order valence-corrected chi connectivity index (χ3v) is 68.9. The van der Waals surface area contributed by atoms with Gasteiger partial charge in [0.2, 0.25) is 0 Å². The van der Waals surface area contributed by atoms with Gasteiger partial charge in [0.15, 0.2) is 0 Å². The molecule has 95 heavy (non-hydrogen) atoms. The Hall–Kier alpha value is 0. The van der Waals surface area contributed by atoms with Crippen molar-refractivity contribution in [3.05, 3.63) is 0 Å². The number of hydrogen-bond donors (Lipinski definition) is 0. The Balaban J connectivity index is 0.605. The molecule has 0 aromatic rings. The summed E-state index contributed by atoms with van der Waals surface area (Å²) in [6.45, 7) is 9.44. The molecule has 4 bridgehead atoms. The largest absolute Gasteiger partial charge is 0.0654 e. The number of rotatable bonds is 2. The molecule has 29 spiro atoms. The average Bonchev–Trinajstić information content (AvgIpc) is 0.976. The Bertz CT molecular complexity index is 5480. The molecule has 0 nitrogen and oxygen atoms in total. The Morgan fingerprint density at radius 1 is 0.316 bits per heavy atom. The predicted octanol–water partition coefficient (Wildman–Crippen LogP) is 14.2. The minimum Gasteiger partial charge on any atom is -0.0654 e. The van der Waals surface area contributed by atoms with Crippen molar-refractivity contribution in [3.63, 3.8) is 0 Å². The quantitative estimate of drug-likeness (QED) is 0.259. The summed E-state index contributed by atoms with van der Waals surface area (Å²) in [5, 5.41) is 0. The van der Waals surface area contributed by atoms with Crippen LogP contribution in [-0.2, 0) is 0 Å². The minimum absolute atomic E-state index is 0.845. The summed E-state index contributed by atoms with van der Waals surface area (Å²) in [4.78, 5) is 0. The van der Waals surface area contributed by atoms with Crippen LogP contribution in [0.25, 0.3) is 0 Å². The van der Waals surface area contributed by atoms with E-state index in [4.69, 9.17) is 0 Å². The molecule has 51 aliphatic carbocycles.